The van der Waals surface area contributed by atoms with Gasteiger partial charge in [-0.15, -0.1) is 12.4 Å². The van der Waals surface area contributed by atoms with E-state index in [0.717, 1.165) is 38.8 Å². The summed E-state index contributed by atoms with van der Waals surface area (Å²) in [7, 11) is 0. The number of hydrogen-bond donors (Lipinski definition) is 1. The number of piperidine rings is 1. The first-order valence-corrected chi connectivity index (χ1v) is 9.61. The van der Waals surface area contributed by atoms with Crippen LogP contribution >= 0.6 is 12.4 Å². The molecule has 1 atom stereocenters. The molecule has 1 aromatic heterocycles. The van der Waals surface area contributed by atoms with Crippen molar-refractivity contribution in [3.8, 4) is 0 Å². The van der Waals surface area contributed by atoms with Crippen LogP contribution in [-0.2, 0) is 19.9 Å². The summed E-state index contributed by atoms with van der Waals surface area (Å²) in [4.78, 5) is 29.7. The molecule has 8 nitrogen and oxygen atoms in total. The summed E-state index contributed by atoms with van der Waals surface area (Å²) >= 11 is 0. The summed E-state index contributed by atoms with van der Waals surface area (Å²) in [6, 6.07) is 1.87. The minimum absolute atomic E-state index is 0. The molecule has 3 aliphatic heterocycles. The monoisotopic (exact) mass is 397 g/mol. The maximum Gasteiger partial charge on any atom is 0.251 e. The number of piperazine rings is 1. The number of aromatic nitrogens is 2. The first-order valence-electron chi connectivity index (χ1n) is 9.61. The van der Waals surface area contributed by atoms with Crippen molar-refractivity contribution in [2.24, 2.45) is 0 Å². The van der Waals surface area contributed by atoms with E-state index in [4.69, 9.17) is 4.74 Å². The van der Waals surface area contributed by atoms with Crippen LogP contribution in [-0.4, -0.2) is 83.4 Å². The molecule has 3 fully saturated rings. The summed E-state index contributed by atoms with van der Waals surface area (Å²) in [5.74, 6) is 0.213. The highest BCUT2D eigenvalue weighted by molar-refractivity contribution is 5.86. The van der Waals surface area contributed by atoms with Crippen LogP contribution in [0.1, 0.15) is 25.7 Å². The molecule has 0 bridgehead atoms. The molecule has 1 aromatic rings. The SMILES string of the molecule is Cl.O=C(C1CCCO1)N1CCN(C(=O)C2(n3cccn3)CCNCC2)CC1. The first-order chi connectivity index (χ1) is 12.7. The van der Waals surface area contributed by atoms with Gasteiger partial charge in [0.1, 0.15) is 11.6 Å². The lowest BCUT2D eigenvalue weighted by molar-refractivity contribution is -0.150. The number of hydrogen-bond acceptors (Lipinski definition) is 5. The van der Waals surface area contributed by atoms with Crippen molar-refractivity contribution in [3.63, 3.8) is 0 Å². The van der Waals surface area contributed by atoms with E-state index in [1.165, 1.54) is 0 Å². The van der Waals surface area contributed by atoms with Crippen LogP contribution in [0.4, 0.5) is 0 Å². The summed E-state index contributed by atoms with van der Waals surface area (Å²) in [5.41, 5.74) is -0.602. The van der Waals surface area contributed by atoms with Crippen molar-refractivity contribution in [3.05, 3.63) is 18.5 Å². The molecular weight excluding hydrogens is 370 g/mol. The number of carbonyl (C=O) groups is 2. The normalized spacial score (nSPS) is 25.1. The van der Waals surface area contributed by atoms with Gasteiger partial charge in [-0.1, -0.05) is 0 Å². The van der Waals surface area contributed by atoms with Gasteiger partial charge in [0.05, 0.1) is 0 Å². The molecule has 0 spiro atoms. The fourth-order valence-electron chi connectivity index (χ4n) is 4.30. The van der Waals surface area contributed by atoms with Gasteiger partial charge in [0.2, 0.25) is 0 Å². The zero-order valence-corrected chi connectivity index (χ0v) is 16.3. The maximum absolute atomic E-state index is 13.4. The van der Waals surface area contributed by atoms with Crippen LogP contribution in [0.3, 0.4) is 0 Å². The van der Waals surface area contributed by atoms with Crippen LogP contribution < -0.4 is 5.32 Å². The number of ether oxygens (including phenoxy) is 1. The molecule has 0 aliphatic carbocycles. The summed E-state index contributed by atoms with van der Waals surface area (Å²) in [6.07, 6.45) is 6.58. The molecule has 1 unspecified atom stereocenters. The van der Waals surface area contributed by atoms with Gasteiger partial charge in [-0.2, -0.15) is 5.10 Å². The van der Waals surface area contributed by atoms with Crippen LogP contribution in [0.25, 0.3) is 0 Å². The third-order valence-electron chi connectivity index (χ3n) is 5.86. The van der Waals surface area contributed by atoms with Gasteiger partial charge in [-0.25, -0.2) is 0 Å². The van der Waals surface area contributed by atoms with Crippen molar-refractivity contribution >= 4 is 24.2 Å². The van der Waals surface area contributed by atoms with E-state index in [2.05, 4.69) is 10.4 Å². The van der Waals surface area contributed by atoms with E-state index < -0.39 is 5.54 Å². The minimum atomic E-state index is -0.602. The first kappa shape index (κ1) is 20.1. The number of rotatable bonds is 3. The highest BCUT2D eigenvalue weighted by atomic mass is 35.5. The quantitative estimate of drug-likeness (QED) is 0.790. The van der Waals surface area contributed by atoms with Crippen LogP contribution in [0.2, 0.25) is 0 Å². The smallest absolute Gasteiger partial charge is 0.251 e. The summed E-state index contributed by atoms with van der Waals surface area (Å²) in [6.45, 7) is 4.61. The van der Waals surface area contributed by atoms with Gasteiger partial charge in [-0.3, -0.25) is 14.3 Å². The molecule has 3 aliphatic rings. The van der Waals surface area contributed by atoms with Crippen LogP contribution in [0.15, 0.2) is 18.5 Å². The number of amides is 2. The average Bonchev–Trinajstić information content (AvgIpc) is 3.41. The van der Waals surface area contributed by atoms with Gasteiger partial charge in [0.25, 0.3) is 11.8 Å². The minimum Gasteiger partial charge on any atom is -0.368 e. The molecule has 0 radical (unpaired) electrons. The lowest BCUT2D eigenvalue weighted by Crippen LogP contribution is -2.60. The molecule has 9 heteroatoms. The van der Waals surface area contributed by atoms with Crippen molar-refractivity contribution in [1.29, 1.82) is 0 Å². The van der Waals surface area contributed by atoms with E-state index in [1.54, 1.807) is 6.20 Å². The third kappa shape index (κ3) is 3.83. The van der Waals surface area contributed by atoms with E-state index in [-0.39, 0.29) is 30.3 Å². The lowest BCUT2D eigenvalue weighted by Gasteiger charge is -2.43. The Bertz CT molecular complexity index is 633. The van der Waals surface area contributed by atoms with Crippen LogP contribution in [0.5, 0.6) is 0 Å². The molecule has 4 heterocycles. The van der Waals surface area contributed by atoms with Crippen molar-refractivity contribution in [1.82, 2.24) is 24.9 Å². The summed E-state index contributed by atoms with van der Waals surface area (Å²) < 4.78 is 7.35. The average molecular weight is 398 g/mol. The molecule has 4 rings (SSSR count). The van der Waals surface area contributed by atoms with E-state index in [9.17, 15) is 9.59 Å². The fraction of sp³-hybridized carbons (Fsp3) is 0.722. The Morgan fingerprint density at radius 2 is 1.81 bits per heavy atom. The number of halogens is 1. The Labute approximate surface area is 165 Å². The molecule has 1 N–H and O–H groups in total. The fourth-order valence-corrected chi connectivity index (χ4v) is 4.30. The largest absolute Gasteiger partial charge is 0.368 e. The molecule has 0 saturated carbocycles. The second kappa shape index (κ2) is 8.58. The third-order valence-corrected chi connectivity index (χ3v) is 5.86. The Balaban J connectivity index is 0.00000210. The zero-order chi connectivity index (χ0) is 18.0. The van der Waals surface area contributed by atoms with Gasteiger partial charge >= 0.3 is 0 Å². The highest BCUT2D eigenvalue weighted by Crippen LogP contribution is 2.30. The number of nitrogens with zero attached hydrogens (tertiary/aromatic N) is 4. The van der Waals surface area contributed by atoms with E-state index in [1.807, 2.05) is 26.7 Å². The maximum atomic E-state index is 13.4. The Morgan fingerprint density at radius 1 is 1.11 bits per heavy atom. The predicted molar refractivity (Wildman–Crippen MR) is 102 cm³/mol. The Kier molecular flexibility index (Phi) is 6.39. The standard InChI is InChI=1S/C18H27N5O3.ClH/c24-16(15-3-1-14-26-15)21-10-12-22(13-11-21)17(25)18(4-7-19-8-5-18)23-9-2-6-20-23;/h2,6,9,15,19H,1,3-5,7-8,10-14H2;1H. The number of nitrogens with one attached hydrogen (secondary N) is 1. The van der Waals surface area contributed by atoms with E-state index in [0.29, 0.717) is 32.8 Å². The molecule has 27 heavy (non-hydrogen) atoms. The second-order valence-corrected chi connectivity index (χ2v) is 7.35. The van der Waals surface area contributed by atoms with Gasteiger partial charge < -0.3 is 19.9 Å². The molecule has 3 saturated heterocycles. The highest BCUT2D eigenvalue weighted by Gasteiger charge is 2.45. The zero-order valence-electron chi connectivity index (χ0n) is 15.5. The lowest BCUT2D eigenvalue weighted by atomic mass is 9.86. The molecule has 0 aromatic carbocycles. The predicted octanol–water partition coefficient (Wildman–Crippen LogP) is 0.233. The molecule has 2 amide bonds. The van der Waals surface area contributed by atoms with Crippen molar-refractivity contribution in [2.45, 2.75) is 37.3 Å². The topological polar surface area (TPSA) is 79.7 Å². The van der Waals surface area contributed by atoms with Gasteiger partial charge in [0.15, 0.2) is 0 Å². The van der Waals surface area contributed by atoms with E-state index >= 15 is 0 Å². The van der Waals surface area contributed by atoms with Crippen LogP contribution in [0, 0.1) is 0 Å². The molecule has 150 valence electrons. The molecular formula is C18H28ClN5O3. The number of carbonyl (C=O) groups excluding carboxylic acids is 2. The Hall–Kier alpha value is -1.64. The van der Waals surface area contributed by atoms with Gasteiger partial charge in [0, 0.05) is 45.2 Å². The van der Waals surface area contributed by atoms with Crippen molar-refractivity contribution in [2.75, 3.05) is 45.9 Å². The van der Waals surface area contributed by atoms with Gasteiger partial charge in [-0.05, 0) is 44.8 Å². The summed E-state index contributed by atoms with van der Waals surface area (Å²) in [5, 5.41) is 7.72. The second-order valence-electron chi connectivity index (χ2n) is 7.35. The Morgan fingerprint density at radius 3 is 2.41 bits per heavy atom. The van der Waals surface area contributed by atoms with Crippen molar-refractivity contribution < 1.29 is 14.3 Å².